The number of rotatable bonds is 3. The lowest BCUT2D eigenvalue weighted by Crippen LogP contribution is -2.39. The van der Waals surface area contributed by atoms with Crippen LogP contribution in [0.15, 0.2) is 18.2 Å². The molecule has 5 heteroatoms. The fraction of sp³-hybridized carbons (Fsp3) is 0.400. The van der Waals surface area contributed by atoms with Crippen molar-refractivity contribution in [3.05, 3.63) is 33.9 Å². The van der Waals surface area contributed by atoms with Crippen LogP contribution >= 0.6 is 0 Å². The van der Waals surface area contributed by atoms with Crippen LogP contribution in [0.3, 0.4) is 0 Å². The van der Waals surface area contributed by atoms with E-state index in [1.54, 1.807) is 12.1 Å². The zero-order chi connectivity index (χ0) is 10.8. The second-order valence-electron chi connectivity index (χ2n) is 3.54. The van der Waals surface area contributed by atoms with Crippen LogP contribution in [0.1, 0.15) is 11.5 Å². The van der Waals surface area contributed by atoms with Gasteiger partial charge in [0.05, 0.1) is 12.0 Å². The van der Waals surface area contributed by atoms with Crippen molar-refractivity contribution in [1.82, 2.24) is 5.32 Å². The van der Waals surface area contributed by atoms with E-state index in [1.807, 2.05) is 6.07 Å². The predicted molar refractivity (Wildman–Crippen MR) is 55.3 cm³/mol. The third-order valence-electron chi connectivity index (χ3n) is 2.65. The van der Waals surface area contributed by atoms with Crippen molar-refractivity contribution < 1.29 is 9.66 Å². The van der Waals surface area contributed by atoms with Gasteiger partial charge in [0.1, 0.15) is 0 Å². The average molecular weight is 208 g/mol. The molecule has 0 bridgehead atoms. The molecule has 1 aliphatic heterocycles. The number of ether oxygens (including phenoxy) is 1. The number of nitrogens with one attached hydrogen (secondary N) is 1. The maximum absolute atomic E-state index is 10.8. The van der Waals surface area contributed by atoms with Crippen LogP contribution in [0.5, 0.6) is 5.75 Å². The second-order valence-corrected chi connectivity index (χ2v) is 3.54. The number of nitrogens with zero attached hydrogens (tertiary/aromatic N) is 1. The van der Waals surface area contributed by atoms with Gasteiger partial charge in [-0.15, -0.1) is 0 Å². The highest BCUT2D eigenvalue weighted by atomic mass is 16.6. The van der Waals surface area contributed by atoms with Crippen molar-refractivity contribution in [2.45, 2.75) is 5.92 Å². The van der Waals surface area contributed by atoms with Crippen LogP contribution in [-0.4, -0.2) is 25.1 Å². The highest BCUT2D eigenvalue weighted by Crippen LogP contribution is 2.31. The smallest absolute Gasteiger partial charge is 0.311 e. The van der Waals surface area contributed by atoms with Gasteiger partial charge >= 0.3 is 5.69 Å². The largest absolute Gasteiger partial charge is 0.490 e. The summed E-state index contributed by atoms with van der Waals surface area (Å²) in [7, 11) is 1.44. The fourth-order valence-corrected chi connectivity index (χ4v) is 1.63. The van der Waals surface area contributed by atoms with Crippen molar-refractivity contribution in [2.75, 3.05) is 20.2 Å². The number of hydrogen-bond acceptors (Lipinski definition) is 4. The summed E-state index contributed by atoms with van der Waals surface area (Å²) in [5.41, 5.74) is 1.04. The molecule has 1 aromatic carbocycles. The second kappa shape index (κ2) is 3.86. The van der Waals surface area contributed by atoms with Crippen molar-refractivity contribution >= 4 is 5.69 Å². The van der Waals surface area contributed by atoms with Crippen molar-refractivity contribution in [2.24, 2.45) is 0 Å². The van der Waals surface area contributed by atoms with Gasteiger partial charge in [-0.2, -0.15) is 0 Å². The molecule has 1 aromatic rings. The molecule has 1 saturated heterocycles. The number of methoxy groups -OCH3 is 1. The SMILES string of the molecule is COc1ccc(C2CNC2)cc1[N+](=O)[O-]. The van der Waals surface area contributed by atoms with Gasteiger partial charge in [-0.3, -0.25) is 10.1 Å². The molecular weight excluding hydrogens is 196 g/mol. The molecule has 0 aromatic heterocycles. The van der Waals surface area contributed by atoms with Gasteiger partial charge in [-0.25, -0.2) is 0 Å². The van der Waals surface area contributed by atoms with E-state index in [1.165, 1.54) is 7.11 Å². The molecule has 0 unspecified atom stereocenters. The normalized spacial score (nSPS) is 15.8. The highest BCUT2D eigenvalue weighted by Gasteiger charge is 2.23. The molecule has 15 heavy (non-hydrogen) atoms. The monoisotopic (exact) mass is 208 g/mol. The molecular formula is C10H12N2O3. The Balaban J connectivity index is 2.35. The third kappa shape index (κ3) is 1.78. The van der Waals surface area contributed by atoms with Gasteiger partial charge in [0.25, 0.3) is 0 Å². The Labute approximate surface area is 87.2 Å². The topological polar surface area (TPSA) is 64.4 Å². The van der Waals surface area contributed by atoms with E-state index in [0.717, 1.165) is 18.7 Å². The van der Waals surface area contributed by atoms with Gasteiger partial charge in [0, 0.05) is 25.1 Å². The first kappa shape index (κ1) is 9.92. The first-order valence-electron chi connectivity index (χ1n) is 4.75. The lowest BCUT2D eigenvalue weighted by molar-refractivity contribution is -0.385. The van der Waals surface area contributed by atoms with Crippen molar-refractivity contribution in [3.8, 4) is 5.75 Å². The molecule has 2 rings (SSSR count). The minimum Gasteiger partial charge on any atom is -0.490 e. The molecule has 0 radical (unpaired) electrons. The van der Waals surface area contributed by atoms with Crippen LogP contribution in [0, 0.1) is 10.1 Å². The quantitative estimate of drug-likeness (QED) is 0.600. The first-order chi connectivity index (χ1) is 7.22. The van der Waals surface area contributed by atoms with E-state index in [2.05, 4.69) is 5.32 Å². The van der Waals surface area contributed by atoms with Crippen LogP contribution < -0.4 is 10.1 Å². The van der Waals surface area contributed by atoms with E-state index >= 15 is 0 Å². The predicted octanol–water partition coefficient (Wildman–Crippen LogP) is 1.29. The first-order valence-corrected chi connectivity index (χ1v) is 4.75. The molecule has 0 saturated carbocycles. The summed E-state index contributed by atoms with van der Waals surface area (Å²) in [6, 6.07) is 5.15. The summed E-state index contributed by atoms with van der Waals surface area (Å²) in [5, 5.41) is 13.9. The summed E-state index contributed by atoms with van der Waals surface area (Å²) < 4.78 is 4.94. The van der Waals surface area contributed by atoms with E-state index in [4.69, 9.17) is 4.74 Å². The summed E-state index contributed by atoms with van der Waals surface area (Å²) in [4.78, 5) is 10.4. The molecule has 0 spiro atoms. The summed E-state index contributed by atoms with van der Waals surface area (Å²) in [6.45, 7) is 1.78. The summed E-state index contributed by atoms with van der Waals surface area (Å²) in [6.07, 6.45) is 0. The zero-order valence-corrected chi connectivity index (χ0v) is 8.40. The number of hydrogen-bond donors (Lipinski definition) is 1. The fourth-order valence-electron chi connectivity index (χ4n) is 1.63. The van der Waals surface area contributed by atoms with E-state index in [9.17, 15) is 10.1 Å². The molecule has 1 aliphatic rings. The van der Waals surface area contributed by atoms with E-state index < -0.39 is 4.92 Å². The van der Waals surface area contributed by atoms with Crippen molar-refractivity contribution in [1.29, 1.82) is 0 Å². The van der Waals surface area contributed by atoms with Gasteiger partial charge in [-0.1, -0.05) is 6.07 Å². The minimum atomic E-state index is -0.408. The highest BCUT2D eigenvalue weighted by molar-refractivity contribution is 5.49. The molecule has 1 heterocycles. The molecule has 0 atom stereocenters. The lowest BCUT2D eigenvalue weighted by atomic mass is 9.93. The Hall–Kier alpha value is -1.62. The molecule has 1 fully saturated rings. The van der Waals surface area contributed by atoms with Gasteiger partial charge in [0.2, 0.25) is 0 Å². The summed E-state index contributed by atoms with van der Waals surface area (Å²) >= 11 is 0. The summed E-state index contributed by atoms with van der Waals surface area (Å²) in [5.74, 6) is 0.714. The van der Waals surface area contributed by atoms with Crippen LogP contribution in [0.4, 0.5) is 5.69 Å². The lowest BCUT2D eigenvalue weighted by Gasteiger charge is -2.27. The molecule has 0 aliphatic carbocycles. The Morgan fingerprint density at radius 3 is 2.73 bits per heavy atom. The zero-order valence-electron chi connectivity index (χ0n) is 8.40. The van der Waals surface area contributed by atoms with Crippen LogP contribution in [-0.2, 0) is 0 Å². The van der Waals surface area contributed by atoms with Gasteiger partial charge < -0.3 is 10.1 Å². The standard InChI is InChI=1S/C10H12N2O3/c1-15-10-3-2-7(8-5-11-6-8)4-9(10)12(13)14/h2-4,8,11H,5-6H2,1H3. The molecule has 1 N–H and O–H groups in total. The number of benzene rings is 1. The third-order valence-corrected chi connectivity index (χ3v) is 2.65. The molecule has 5 nitrogen and oxygen atoms in total. The van der Waals surface area contributed by atoms with Crippen LogP contribution in [0.2, 0.25) is 0 Å². The maximum Gasteiger partial charge on any atom is 0.311 e. The van der Waals surface area contributed by atoms with E-state index in [0.29, 0.717) is 11.7 Å². The van der Waals surface area contributed by atoms with Gasteiger partial charge in [0.15, 0.2) is 5.75 Å². The maximum atomic E-state index is 10.8. The van der Waals surface area contributed by atoms with E-state index in [-0.39, 0.29) is 5.69 Å². The Kier molecular flexibility index (Phi) is 2.55. The van der Waals surface area contributed by atoms with Gasteiger partial charge in [-0.05, 0) is 11.6 Å². The van der Waals surface area contributed by atoms with Crippen molar-refractivity contribution in [3.63, 3.8) is 0 Å². The Morgan fingerprint density at radius 1 is 1.53 bits per heavy atom. The Morgan fingerprint density at radius 2 is 2.27 bits per heavy atom. The van der Waals surface area contributed by atoms with Crippen LogP contribution in [0.25, 0.3) is 0 Å². The average Bonchev–Trinajstić information content (AvgIpc) is 2.15. The minimum absolute atomic E-state index is 0.0434. The molecule has 80 valence electrons. The molecule has 0 amide bonds. The number of nitro groups is 1. The Bertz CT molecular complexity index is 388. The number of nitro benzene ring substituents is 1.